The van der Waals surface area contributed by atoms with Crippen molar-refractivity contribution in [3.63, 3.8) is 0 Å². The summed E-state index contributed by atoms with van der Waals surface area (Å²) >= 11 is 0. The van der Waals surface area contributed by atoms with E-state index >= 15 is 0 Å². The number of ether oxygens (including phenoxy) is 2. The molecule has 0 amide bonds. The lowest BCUT2D eigenvalue weighted by Gasteiger charge is -2.14. The summed E-state index contributed by atoms with van der Waals surface area (Å²) in [6, 6.07) is 18.5. The summed E-state index contributed by atoms with van der Waals surface area (Å²) in [6.45, 7) is 4.48. The van der Waals surface area contributed by atoms with E-state index in [4.69, 9.17) is 9.47 Å². The summed E-state index contributed by atoms with van der Waals surface area (Å²) in [6.07, 6.45) is 5.18. The molecule has 0 saturated heterocycles. The maximum absolute atomic E-state index is 5.93. The van der Waals surface area contributed by atoms with Gasteiger partial charge in [-0.3, -0.25) is 0 Å². The highest BCUT2D eigenvalue weighted by Gasteiger charge is 2.05. The van der Waals surface area contributed by atoms with Crippen molar-refractivity contribution < 1.29 is 9.47 Å². The normalized spacial score (nSPS) is 11.9. The fourth-order valence-electron chi connectivity index (χ4n) is 2.35. The Morgan fingerprint density at radius 3 is 2.36 bits per heavy atom. The van der Waals surface area contributed by atoms with Gasteiger partial charge in [0.15, 0.2) is 0 Å². The van der Waals surface area contributed by atoms with Gasteiger partial charge < -0.3 is 9.47 Å². The second kappa shape index (κ2) is 9.06. The molecule has 2 aromatic rings. The standard InChI is InChI=1S/C20H24O2/c1-3-19(11-7-10-17-8-5-4-6-9-17)22-16-18-12-14-20(21-2)15-13-18/h3-6,8-9,12-15,19H,1,7,10-11,16H2,2H3/t19-/m0/s1. The third kappa shape index (κ3) is 5.38. The molecule has 2 heteroatoms. The minimum atomic E-state index is 0.103. The van der Waals surface area contributed by atoms with Crippen LogP contribution in [0.3, 0.4) is 0 Å². The van der Waals surface area contributed by atoms with E-state index < -0.39 is 0 Å². The van der Waals surface area contributed by atoms with Crippen LogP contribution in [0.25, 0.3) is 0 Å². The Balaban J connectivity index is 1.73. The fraction of sp³-hybridized carbons (Fsp3) is 0.300. The van der Waals surface area contributed by atoms with Gasteiger partial charge in [-0.2, -0.15) is 0 Å². The molecule has 0 saturated carbocycles. The van der Waals surface area contributed by atoms with Crippen LogP contribution in [-0.2, 0) is 17.8 Å². The highest BCUT2D eigenvalue weighted by Crippen LogP contribution is 2.15. The second-order valence-corrected chi connectivity index (χ2v) is 5.31. The molecule has 0 spiro atoms. The summed E-state index contributed by atoms with van der Waals surface area (Å²) in [5, 5.41) is 0. The van der Waals surface area contributed by atoms with Crippen LogP contribution < -0.4 is 4.74 Å². The molecular weight excluding hydrogens is 272 g/mol. The van der Waals surface area contributed by atoms with E-state index in [1.54, 1.807) is 7.11 Å². The quantitative estimate of drug-likeness (QED) is 0.619. The molecule has 0 radical (unpaired) electrons. The van der Waals surface area contributed by atoms with Crippen LogP contribution in [0.5, 0.6) is 5.75 Å². The number of rotatable bonds is 9. The first-order chi connectivity index (χ1) is 10.8. The maximum atomic E-state index is 5.93. The molecule has 0 bridgehead atoms. The Hall–Kier alpha value is -2.06. The molecule has 0 aliphatic heterocycles. The number of hydrogen-bond donors (Lipinski definition) is 0. The van der Waals surface area contributed by atoms with E-state index in [9.17, 15) is 0 Å². The van der Waals surface area contributed by atoms with E-state index in [1.165, 1.54) is 5.56 Å². The number of aryl methyl sites for hydroxylation is 1. The lowest BCUT2D eigenvalue weighted by atomic mass is 10.1. The van der Waals surface area contributed by atoms with E-state index in [-0.39, 0.29) is 6.10 Å². The zero-order valence-corrected chi connectivity index (χ0v) is 13.2. The smallest absolute Gasteiger partial charge is 0.118 e. The van der Waals surface area contributed by atoms with Crippen molar-refractivity contribution in [2.45, 2.75) is 32.0 Å². The fourth-order valence-corrected chi connectivity index (χ4v) is 2.35. The zero-order chi connectivity index (χ0) is 15.6. The van der Waals surface area contributed by atoms with E-state index in [0.717, 1.165) is 30.6 Å². The molecule has 0 unspecified atom stereocenters. The molecule has 0 N–H and O–H groups in total. The van der Waals surface area contributed by atoms with Crippen LogP contribution in [0.15, 0.2) is 67.3 Å². The Labute approximate surface area is 133 Å². The first kappa shape index (κ1) is 16.3. The first-order valence-corrected chi connectivity index (χ1v) is 7.73. The minimum absolute atomic E-state index is 0.103. The van der Waals surface area contributed by atoms with Crippen LogP contribution in [0, 0.1) is 0 Å². The summed E-state index contributed by atoms with van der Waals surface area (Å²) in [5.41, 5.74) is 2.52. The van der Waals surface area contributed by atoms with Crippen molar-refractivity contribution >= 4 is 0 Å². The summed E-state index contributed by atoms with van der Waals surface area (Å²) in [7, 11) is 1.67. The Morgan fingerprint density at radius 2 is 1.73 bits per heavy atom. The number of benzene rings is 2. The van der Waals surface area contributed by atoms with Crippen molar-refractivity contribution in [3.05, 3.63) is 78.4 Å². The summed E-state index contributed by atoms with van der Waals surface area (Å²) in [5.74, 6) is 0.867. The Bertz CT molecular complexity index is 546. The molecule has 0 aliphatic carbocycles. The molecular formula is C20H24O2. The third-order valence-electron chi connectivity index (χ3n) is 3.68. The molecule has 116 valence electrons. The van der Waals surface area contributed by atoms with Gasteiger partial charge in [-0.15, -0.1) is 6.58 Å². The van der Waals surface area contributed by atoms with Crippen LogP contribution in [-0.4, -0.2) is 13.2 Å². The molecule has 0 aromatic heterocycles. The van der Waals surface area contributed by atoms with E-state index in [1.807, 2.05) is 36.4 Å². The predicted molar refractivity (Wildman–Crippen MR) is 91.1 cm³/mol. The van der Waals surface area contributed by atoms with Gasteiger partial charge in [0.25, 0.3) is 0 Å². The van der Waals surface area contributed by atoms with Gasteiger partial charge >= 0.3 is 0 Å². The van der Waals surface area contributed by atoms with Gasteiger partial charge in [-0.25, -0.2) is 0 Å². The second-order valence-electron chi connectivity index (χ2n) is 5.31. The van der Waals surface area contributed by atoms with Gasteiger partial charge in [0, 0.05) is 0 Å². The van der Waals surface area contributed by atoms with Crippen molar-refractivity contribution in [2.24, 2.45) is 0 Å². The van der Waals surface area contributed by atoms with Crippen LogP contribution in [0.2, 0.25) is 0 Å². The molecule has 2 aromatic carbocycles. The predicted octanol–water partition coefficient (Wildman–Crippen LogP) is 4.79. The average Bonchev–Trinajstić information content (AvgIpc) is 2.59. The van der Waals surface area contributed by atoms with Crippen LogP contribution >= 0.6 is 0 Å². The largest absolute Gasteiger partial charge is 0.497 e. The maximum Gasteiger partial charge on any atom is 0.118 e. The summed E-state index contributed by atoms with van der Waals surface area (Å²) < 4.78 is 11.1. The molecule has 0 heterocycles. The van der Waals surface area contributed by atoms with Crippen LogP contribution in [0.4, 0.5) is 0 Å². The number of hydrogen-bond acceptors (Lipinski definition) is 2. The summed E-state index contributed by atoms with van der Waals surface area (Å²) in [4.78, 5) is 0. The SMILES string of the molecule is C=C[C@@H](CCCc1ccccc1)OCc1ccc(OC)cc1. The van der Waals surface area contributed by atoms with Gasteiger partial charge in [0.2, 0.25) is 0 Å². The van der Waals surface area contributed by atoms with Crippen molar-refractivity contribution in [2.75, 3.05) is 7.11 Å². The molecule has 2 nitrogen and oxygen atoms in total. The zero-order valence-electron chi connectivity index (χ0n) is 13.2. The van der Waals surface area contributed by atoms with Gasteiger partial charge in [-0.1, -0.05) is 48.5 Å². The Kier molecular flexibility index (Phi) is 6.72. The van der Waals surface area contributed by atoms with Gasteiger partial charge in [0.05, 0.1) is 19.8 Å². The lowest BCUT2D eigenvalue weighted by molar-refractivity contribution is 0.0654. The highest BCUT2D eigenvalue weighted by atomic mass is 16.5. The van der Waals surface area contributed by atoms with Gasteiger partial charge in [-0.05, 0) is 42.5 Å². The highest BCUT2D eigenvalue weighted by molar-refractivity contribution is 5.26. The van der Waals surface area contributed by atoms with E-state index in [0.29, 0.717) is 6.61 Å². The van der Waals surface area contributed by atoms with E-state index in [2.05, 4.69) is 30.8 Å². The molecule has 1 atom stereocenters. The minimum Gasteiger partial charge on any atom is -0.497 e. The van der Waals surface area contributed by atoms with Gasteiger partial charge in [0.1, 0.15) is 5.75 Å². The first-order valence-electron chi connectivity index (χ1n) is 7.73. The topological polar surface area (TPSA) is 18.5 Å². The Morgan fingerprint density at radius 1 is 1.00 bits per heavy atom. The average molecular weight is 296 g/mol. The third-order valence-corrected chi connectivity index (χ3v) is 3.68. The molecule has 2 rings (SSSR count). The van der Waals surface area contributed by atoms with Crippen molar-refractivity contribution in [1.82, 2.24) is 0 Å². The monoisotopic (exact) mass is 296 g/mol. The molecule has 22 heavy (non-hydrogen) atoms. The number of methoxy groups -OCH3 is 1. The van der Waals surface area contributed by atoms with Crippen LogP contribution in [0.1, 0.15) is 24.0 Å². The van der Waals surface area contributed by atoms with Crippen molar-refractivity contribution in [1.29, 1.82) is 0 Å². The molecule has 0 aliphatic rings. The van der Waals surface area contributed by atoms with Crippen molar-refractivity contribution in [3.8, 4) is 5.75 Å². The lowest BCUT2D eigenvalue weighted by Crippen LogP contribution is -2.10. The molecule has 0 fully saturated rings.